The summed E-state index contributed by atoms with van der Waals surface area (Å²) in [5, 5.41) is 2.84. The number of hydrogen-bond donors (Lipinski definition) is 2. The molecule has 0 spiro atoms. The van der Waals surface area contributed by atoms with Gasteiger partial charge >= 0.3 is 0 Å². The molecule has 19 heavy (non-hydrogen) atoms. The molecular formula is C14H27N3O2. The average Bonchev–Trinajstić information content (AvgIpc) is 2.68. The highest BCUT2D eigenvalue weighted by molar-refractivity contribution is 5.88. The van der Waals surface area contributed by atoms with Gasteiger partial charge in [-0.2, -0.15) is 0 Å². The summed E-state index contributed by atoms with van der Waals surface area (Å²) in [6, 6.07) is -0.309. The number of likely N-dealkylation sites (N-methyl/N-ethyl adjacent to an activating group) is 1. The van der Waals surface area contributed by atoms with Crippen LogP contribution < -0.4 is 11.1 Å². The summed E-state index contributed by atoms with van der Waals surface area (Å²) in [7, 11) is 1.77. The summed E-state index contributed by atoms with van der Waals surface area (Å²) in [5.74, 6) is 0.551. The molecule has 0 radical (unpaired) electrons. The van der Waals surface area contributed by atoms with Gasteiger partial charge in [0.05, 0.1) is 0 Å². The Morgan fingerprint density at radius 1 is 1.47 bits per heavy atom. The van der Waals surface area contributed by atoms with Crippen LogP contribution in [-0.2, 0) is 9.59 Å². The second-order valence-corrected chi connectivity index (χ2v) is 5.44. The number of rotatable bonds is 8. The standard InChI is InChI=1S/C14H27N3O2/c1-3-4-11(7-9-15)5-6-13(18)16-12-8-10-17(2)14(12)19/h11-12H,3-10,15H2,1-2H3,(H,16,18). The maximum atomic E-state index is 11.9. The Morgan fingerprint density at radius 2 is 2.21 bits per heavy atom. The third-order valence-corrected chi connectivity index (χ3v) is 3.81. The maximum absolute atomic E-state index is 11.9. The zero-order valence-corrected chi connectivity index (χ0v) is 12.2. The molecule has 110 valence electrons. The van der Waals surface area contributed by atoms with E-state index in [1.54, 1.807) is 11.9 Å². The molecule has 0 saturated carbocycles. The average molecular weight is 269 g/mol. The molecule has 1 fully saturated rings. The van der Waals surface area contributed by atoms with Gasteiger partial charge in [-0.05, 0) is 31.7 Å². The minimum absolute atomic E-state index is 0.00762. The van der Waals surface area contributed by atoms with Gasteiger partial charge in [0.2, 0.25) is 11.8 Å². The number of likely N-dealkylation sites (tertiary alicyclic amines) is 1. The van der Waals surface area contributed by atoms with Gasteiger partial charge < -0.3 is 16.0 Å². The molecule has 3 N–H and O–H groups in total. The summed E-state index contributed by atoms with van der Waals surface area (Å²) in [5.41, 5.74) is 5.58. The Labute approximate surface area is 115 Å². The van der Waals surface area contributed by atoms with Gasteiger partial charge in [-0.3, -0.25) is 9.59 Å². The van der Waals surface area contributed by atoms with Crippen LogP contribution in [0.4, 0.5) is 0 Å². The highest BCUT2D eigenvalue weighted by atomic mass is 16.2. The van der Waals surface area contributed by atoms with Gasteiger partial charge in [-0.25, -0.2) is 0 Å². The van der Waals surface area contributed by atoms with Crippen LogP contribution in [0.15, 0.2) is 0 Å². The Hall–Kier alpha value is -1.10. The molecule has 1 rings (SSSR count). The number of carbonyl (C=O) groups excluding carboxylic acids is 2. The first-order chi connectivity index (χ1) is 9.08. The van der Waals surface area contributed by atoms with Crippen LogP contribution in [-0.4, -0.2) is 42.9 Å². The Morgan fingerprint density at radius 3 is 2.74 bits per heavy atom. The summed E-state index contributed by atoms with van der Waals surface area (Å²) in [6.45, 7) is 3.56. The van der Waals surface area contributed by atoms with Crippen molar-refractivity contribution in [1.29, 1.82) is 0 Å². The fourth-order valence-corrected chi connectivity index (χ4v) is 2.64. The quantitative estimate of drug-likeness (QED) is 0.687. The van der Waals surface area contributed by atoms with E-state index < -0.39 is 0 Å². The second kappa shape index (κ2) is 8.15. The predicted molar refractivity (Wildman–Crippen MR) is 75.5 cm³/mol. The predicted octanol–water partition coefficient (Wildman–Crippen LogP) is 0.879. The lowest BCUT2D eigenvalue weighted by Gasteiger charge is -2.16. The lowest BCUT2D eigenvalue weighted by molar-refractivity contribution is -0.131. The first kappa shape index (κ1) is 16.0. The number of nitrogens with two attached hydrogens (primary N) is 1. The molecular weight excluding hydrogens is 242 g/mol. The molecule has 1 saturated heterocycles. The Bertz CT molecular complexity index is 301. The van der Waals surface area contributed by atoms with Gasteiger partial charge in [-0.1, -0.05) is 19.8 Å². The van der Waals surface area contributed by atoms with E-state index >= 15 is 0 Å². The fourth-order valence-electron chi connectivity index (χ4n) is 2.64. The second-order valence-electron chi connectivity index (χ2n) is 5.44. The van der Waals surface area contributed by atoms with Crippen LogP contribution in [0.2, 0.25) is 0 Å². The van der Waals surface area contributed by atoms with Gasteiger partial charge in [0, 0.05) is 20.0 Å². The minimum Gasteiger partial charge on any atom is -0.344 e. The number of carbonyl (C=O) groups is 2. The molecule has 1 heterocycles. The van der Waals surface area contributed by atoms with Crippen molar-refractivity contribution >= 4 is 11.8 Å². The lowest BCUT2D eigenvalue weighted by atomic mass is 9.94. The van der Waals surface area contributed by atoms with E-state index in [-0.39, 0.29) is 17.9 Å². The largest absolute Gasteiger partial charge is 0.344 e. The van der Waals surface area contributed by atoms with E-state index in [1.807, 2.05) is 0 Å². The Balaban J connectivity index is 2.28. The van der Waals surface area contributed by atoms with Crippen LogP contribution >= 0.6 is 0 Å². The van der Waals surface area contributed by atoms with E-state index in [0.717, 1.165) is 38.6 Å². The molecule has 2 atom stereocenters. The van der Waals surface area contributed by atoms with Crippen LogP contribution in [0.3, 0.4) is 0 Å². The molecule has 1 aliphatic heterocycles. The van der Waals surface area contributed by atoms with Crippen molar-refractivity contribution in [2.45, 2.75) is 51.5 Å². The summed E-state index contributed by atoms with van der Waals surface area (Å²) in [6.07, 6.45) is 5.31. The topological polar surface area (TPSA) is 75.4 Å². The normalized spacial score (nSPS) is 20.7. The van der Waals surface area contributed by atoms with Crippen molar-refractivity contribution in [1.82, 2.24) is 10.2 Å². The molecule has 2 amide bonds. The van der Waals surface area contributed by atoms with E-state index in [9.17, 15) is 9.59 Å². The fraction of sp³-hybridized carbons (Fsp3) is 0.857. The molecule has 0 bridgehead atoms. The minimum atomic E-state index is -0.309. The van der Waals surface area contributed by atoms with Crippen molar-refractivity contribution in [3.05, 3.63) is 0 Å². The van der Waals surface area contributed by atoms with Crippen LogP contribution in [0.25, 0.3) is 0 Å². The van der Waals surface area contributed by atoms with Crippen molar-refractivity contribution in [3.63, 3.8) is 0 Å². The molecule has 5 heteroatoms. The number of amides is 2. The monoisotopic (exact) mass is 269 g/mol. The van der Waals surface area contributed by atoms with E-state index in [0.29, 0.717) is 18.9 Å². The number of nitrogens with zero attached hydrogens (tertiary/aromatic N) is 1. The maximum Gasteiger partial charge on any atom is 0.244 e. The van der Waals surface area contributed by atoms with Crippen LogP contribution in [0, 0.1) is 5.92 Å². The molecule has 0 aromatic heterocycles. The number of hydrogen-bond acceptors (Lipinski definition) is 3. The zero-order chi connectivity index (χ0) is 14.3. The summed E-state index contributed by atoms with van der Waals surface area (Å²) >= 11 is 0. The third kappa shape index (κ3) is 5.19. The van der Waals surface area contributed by atoms with Crippen LogP contribution in [0.5, 0.6) is 0 Å². The summed E-state index contributed by atoms with van der Waals surface area (Å²) in [4.78, 5) is 25.2. The van der Waals surface area contributed by atoms with E-state index in [4.69, 9.17) is 5.73 Å². The zero-order valence-electron chi connectivity index (χ0n) is 12.2. The van der Waals surface area contributed by atoms with Gasteiger partial charge in [-0.15, -0.1) is 0 Å². The highest BCUT2D eigenvalue weighted by Crippen LogP contribution is 2.17. The Kier molecular flexibility index (Phi) is 6.84. The SMILES string of the molecule is CCCC(CCN)CCC(=O)NC1CCN(C)C1=O. The number of nitrogens with one attached hydrogen (secondary N) is 1. The lowest BCUT2D eigenvalue weighted by Crippen LogP contribution is -2.40. The molecule has 0 aromatic rings. The van der Waals surface area contributed by atoms with Gasteiger partial charge in [0.1, 0.15) is 6.04 Å². The van der Waals surface area contributed by atoms with E-state index in [1.165, 1.54) is 0 Å². The third-order valence-electron chi connectivity index (χ3n) is 3.81. The van der Waals surface area contributed by atoms with Crippen molar-refractivity contribution in [3.8, 4) is 0 Å². The highest BCUT2D eigenvalue weighted by Gasteiger charge is 2.29. The van der Waals surface area contributed by atoms with Crippen molar-refractivity contribution < 1.29 is 9.59 Å². The smallest absolute Gasteiger partial charge is 0.244 e. The van der Waals surface area contributed by atoms with Crippen LogP contribution in [0.1, 0.15) is 45.4 Å². The molecule has 5 nitrogen and oxygen atoms in total. The van der Waals surface area contributed by atoms with E-state index in [2.05, 4.69) is 12.2 Å². The first-order valence-electron chi connectivity index (χ1n) is 7.32. The van der Waals surface area contributed by atoms with Crippen molar-refractivity contribution in [2.75, 3.05) is 20.1 Å². The van der Waals surface area contributed by atoms with Gasteiger partial charge in [0.15, 0.2) is 0 Å². The molecule has 1 aliphatic rings. The van der Waals surface area contributed by atoms with Crippen molar-refractivity contribution in [2.24, 2.45) is 11.7 Å². The van der Waals surface area contributed by atoms with Gasteiger partial charge in [0.25, 0.3) is 0 Å². The first-order valence-corrected chi connectivity index (χ1v) is 7.32. The molecule has 0 aliphatic carbocycles. The summed E-state index contributed by atoms with van der Waals surface area (Å²) < 4.78 is 0. The molecule has 2 unspecified atom stereocenters. The molecule has 0 aromatic carbocycles.